The molecule has 3 aliphatic carbocycles. The van der Waals surface area contributed by atoms with Crippen LogP contribution in [0, 0.1) is 17.8 Å². The quantitative estimate of drug-likeness (QED) is 0.658. The van der Waals surface area contributed by atoms with E-state index in [9.17, 15) is 5.11 Å². The highest BCUT2D eigenvalue weighted by Crippen LogP contribution is 2.64. The smallest absolute Gasteiger partial charge is 0.0739 e. The van der Waals surface area contributed by atoms with Crippen LogP contribution in [-0.4, -0.2) is 10.7 Å². The SMILES string of the molecule is OC1(C2CCCC2)C2CCCCC21. The average Bonchev–Trinajstić information content (AvgIpc) is 2.62. The van der Waals surface area contributed by atoms with Crippen molar-refractivity contribution in [1.82, 2.24) is 0 Å². The Hall–Kier alpha value is -0.0400. The van der Waals surface area contributed by atoms with E-state index in [1.54, 1.807) is 0 Å². The average molecular weight is 180 g/mol. The molecular formula is C12H20O. The standard InChI is InChI=1S/C12H20O/c13-12(9-5-1-2-6-9)10-7-3-4-8-11(10)12/h9-11,13H,1-8H2. The molecular weight excluding hydrogens is 160 g/mol. The van der Waals surface area contributed by atoms with Crippen LogP contribution in [0.3, 0.4) is 0 Å². The minimum Gasteiger partial charge on any atom is -0.389 e. The Morgan fingerprint density at radius 1 is 0.769 bits per heavy atom. The van der Waals surface area contributed by atoms with Crippen molar-refractivity contribution in [2.24, 2.45) is 17.8 Å². The summed E-state index contributed by atoms with van der Waals surface area (Å²) in [5.74, 6) is 2.11. The van der Waals surface area contributed by atoms with Gasteiger partial charge >= 0.3 is 0 Å². The Labute approximate surface area is 80.5 Å². The highest BCUT2D eigenvalue weighted by Gasteiger charge is 2.66. The van der Waals surface area contributed by atoms with E-state index in [0.717, 1.165) is 0 Å². The summed E-state index contributed by atoms with van der Waals surface area (Å²) in [5, 5.41) is 10.6. The van der Waals surface area contributed by atoms with Crippen molar-refractivity contribution in [3.8, 4) is 0 Å². The molecule has 3 saturated carbocycles. The summed E-state index contributed by atoms with van der Waals surface area (Å²) in [6.07, 6.45) is 10.7. The van der Waals surface area contributed by atoms with Gasteiger partial charge in [-0.3, -0.25) is 0 Å². The zero-order valence-corrected chi connectivity index (χ0v) is 8.34. The van der Waals surface area contributed by atoms with E-state index < -0.39 is 0 Å². The summed E-state index contributed by atoms with van der Waals surface area (Å²) in [5.41, 5.74) is -0.174. The van der Waals surface area contributed by atoms with Crippen LogP contribution in [0.4, 0.5) is 0 Å². The van der Waals surface area contributed by atoms with Crippen LogP contribution in [0.15, 0.2) is 0 Å². The molecule has 2 unspecified atom stereocenters. The van der Waals surface area contributed by atoms with E-state index in [2.05, 4.69) is 0 Å². The van der Waals surface area contributed by atoms with E-state index in [0.29, 0.717) is 17.8 Å². The molecule has 1 heteroatoms. The van der Waals surface area contributed by atoms with E-state index in [1.165, 1.54) is 51.4 Å². The third-order valence-corrected chi connectivity index (χ3v) is 4.85. The lowest BCUT2D eigenvalue weighted by atomic mass is 9.95. The monoisotopic (exact) mass is 180 g/mol. The Morgan fingerprint density at radius 3 is 1.77 bits per heavy atom. The fourth-order valence-electron chi connectivity index (χ4n) is 4.13. The molecule has 3 rings (SSSR count). The van der Waals surface area contributed by atoms with Crippen LogP contribution in [0.25, 0.3) is 0 Å². The van der Waals surface area contributed by atoms with Crippen molar-refractivity contribution in [2.45, 2.75) is 57.0 Å². The first kappa shape index (κ1) is 8.28. The third kappa shape index (κ3) is 1.03. The van der Waals surface area contributed by atoms with Gasteiger partial charge in [-0.05, 0) is 43.4 Å². The highest BCUT2D eigenvalue weighted by atomic mass is 16.3. The zero-order valence-electron chi connectivity index (χ0n) is 8.34. The second-order valence-electron chi connectivity index (χ2n) is 5.37. The van der Waals surface area contributed by atoms with E-state index in [1.807, 2.05) is 0 Å². The van der Waals surface area contributed by atoms with Crippen LogP contribution in [0.5, 0.6) is 0 Å². The van der Waals surface area contributed by atoms with Crippen molar-refractivity contribution in [1.29, 1.82) is 0 Å². The van der Waals surface area contributed by atoms with Gasteiger partial charge in [0.2, 0.25) is 0 Å². The molecule has 3 fully saturated rings. The molecule has 13 heavy (non-hydrogen) atoms. The van der Waals surface area contributed by atoms with Crippen LogP contribution >= 0.6 is 0 Å². The lowest BCUT2D eigenvalue weighted by Crippen LogP contribution is -2.23. The first-order valence-corrected chi connectivity index (χ1v) is 6.06. The van der Waals surface area contributed by atoms with Gasteiger partial charge in [-0.25, -0.2) is 0 Å². The Balaban J connectivity index is 1.75. The molecule has 1 N–H and O–H groups in total. The van der Waals surface area contributed by atoms with Crippen molar-refractivity contribution in [3.63, 3.8) is 0 Å². The van der Waals surface area contributed by atoms with Gasteiger partial charge in [0.25, 0.3) is 0 Å². The van der Waals surface area contributed by atoms with E-state index in [-0.39, 0.29) is 5.60 Å². The lowest BCUT2D eigenvalue weighted by molar-refractivity contribution is 0.0560. The summed E-state index contributed by atoms with van der Waals surface area (Å²) < 4.78 is 0. The second-order valence-corrected chi connectivity index (χ2v) is 5.37. The maximum absolute atomic E-state index is 10.6. The molecule has 0 aromatic rings. The van der Waals surface area contributed by atoms with E-state index >= 15 is 0 Å². The molecule has 74 valence electrons. The molecule has 0 heterocycles. The van der Waals surface area contributed by atoms with Gasteiger partial charge < -0.3 is 5.11 Å². The minimum absolute atomic E-state index is 0.174. The number of aliphatic hydroxyl groups is 1. The van der Waals surface area contributed by atoms with Crippen LogP contribution in [0.1, 0.15) is 51.4 Å². The molecule has 0 saturated heterocycles. The first-order chi connectivity index (χ1) is 6.33. The van der Waals surface area contributed by atoms with E-state index in [4.69, 9.17) is 0 Å². The van der Waals surface area contributed by atoms with Crippen LogP contribution in [0.2, 0.25) is 0 Å². The number of hydrogen-bond acceptors (Lipinski definition) is 1. The maximum atomic E-state index is 10.6. The van der Waals surface area contributed by atoms with Gasteiger partial charge in [-0.1, -0.05) is 25.7 Å². The van der Waals surface area contributed by atoms with Crippen LogP contribution < -0.4 is 0 Å². The summed E-state index contributed by atoms with van der Waals surface area (Å²) >= 11 is 0. The lowest BCUT2D eigenvalue weighted by Gasteiger charge is -2.18. The zero-order chi connectivity index (χ0) is 8.89. The summed E-state index contributed by atoms with van der Waals surface area (Å²) in [4.78, 5) is 0. The molecule has 1 nitrogen and oxygen atoms in total. The number of hydrogen-bond donors (Lipinski definition) is 1. The maximum Gasteiger partial charge on any atom is 0.0739 e. The molecule has 0 radical (unpaired) electrons. The second kappa shape index (κ2) is 2.73. The molecule has 0 amide bonds. The Bertz CT molecular complexity index is 193. The van der Waals surface area contributed by atoms with Crippen LogP contribution in [-0.2, 0) is 0 Å². The van der Waals surface area contributed by atoms with Crippen molar-refractivity contribution >= 4 is 0 Å². The number of rotatable bonds is 1. The van der Waals surface area contributed by atoms with Crippen molar-refractivity contribution in [2.75, 3.05) is 0 Å². The topological polar surface area (TPSA) is 20.2 Å². The van der Waals surface area contributed by atoms with Crippen molar-refractivity contribution in [3.05, 3.63) is 0 Å². The number of fused-ring (bicyclic) bond motifs is 1. The molecule has 3 aliphatic rings. The van der Waals surface area contributed by atoms with Gasteiger partial charge in [-0.2, -0.15) is 0 Å². The molecule has 2 atom stereocenters. The summed E-state index contributed by atoms with van der Waals surface area (Å²) in [7, 11) is 0. The highest BCUT2D eigenvalue weighted by molar-refractivity contribution is 5.16. The fourth-order valence-corrected chi connectivity index (χ4v) is 4.13. The fraction of sp³-hybridized carbons (Fsp3) is 1.00. The molecule has 0 spiro atoms. The Kier molecular flexibility index (Phi) is 1.74. The van der Waals surface area contributed by atoms with Gasteiger partial charge in [0, 0.05) is 0 Å². The molecule has 0 aromatic heterocycles. The summed E-state index contributed by atoms with van der Waals surface area (Å²) in [6.45, 7) is 0. The van der Waals surface area contributed by atoms with Gasteiger partial charge in [-0.15, -0.1) is 0 Å². The molecule has 0 aromatic carbocycles. The summed E-state index contributed by atoms with van der Waals surface area (Å²) in [6, 6.07) is 0. The predicted octanol–water partition coefficient (Wildman–Crippen LogP) is 2.73. The predicted molar refractivity (Wildman–Crippen MR) is 52.4 cm³/mol. The molecule has 0 bridgehead atoms. The minimum atomic E-state index is -0.174. The Morgan fingerprint density at radius 2 is 1.23 bits per heavy atom. The van der Waals surface area contributed by atoms with Gasteiger partial charge in [0.15, 0.2) is 0 Å². The van der Waals surface area contributed by atoms with Gasteiger partial charge in [0.1, 0.15) is 0 Å². The van der Waals surface area contributed by atoms with Crippen molar-refractivity contribution < 1.29 is 5.11 Å². The van der Waals surface area contributed by atoms with Gasteiger partial charge in [0.05, 0.1) is 5.60 Å². The largest absolute Gasteiger partial charge is 0.389 e. The molecule has 0 aliphatic heterocycles. The first-order valence-electron chi connectivity index (χ1n) is 6.06. The normalized spacial score (nSPS) is 50.5. The third-order valence-electron chi connectivity index (χ3n) is 4.85.